The molecular weight excluding hydrogens is 253 g/mol. The Balaban J connectivity index is 2.21. The molecule has 0 radical (unpaired) electrons. The van der Waals surface area contributed by atoms with Crippen molar-refractivity contribution in [2.75, 3.05) is 12.4 Å². The van der Waals surface area contributed by atoms with Crippen molar-refractivity contribution in [3.63, 3.8) is 0 Å². The van der Waals surface area contributed by atoms with E-state index in [9.17, 15) is 9.18 Å². The van der Waals surface area contributed by atoms with Crippen molar-refractivity contribution in [3.8, 4) is 0 Å². The van der Waals surface area contributed by atoms with Gasteiger partial charge in [0, 0.05) is 18.5 Å². The molecule has 1 aliphatic rings. The van der Waals surface area contributed by atoms with Gasteiger partial charge in [-0.05, 0) is 43.9 Å². The molecule has 0 aliphatic heterocycles. The zero-order chi connectivity index (χ0) is 13.1. The number of rotatable bonds is 4. The number of alkyl halides is 1. The highest BCUT2D eigenvalue weighted by Gasteiger charge is 2.30. The summed E-state index contributed by atoms with van der Waals surface area (Å²) in [5, 5.41) is 0. The van der Waals surface area contributed by atoms with Crippen molar-refractivity contribution in [2.45, 2.75) is 32.2 Å². The van der Waals surface area contributed by atoms with E-state index in [1.165, 1.54) is 6.07 Å². The average molecular weight is 270 g/mol. The maximum Gasteiger partial charge on any atom is 0.257 e. The lowest BCUT2D eigenvalue weighted by Crippen LogP contribution is -2.45. The van der Waals surface area contributed by atoms with Gasteiger partial charge in [-0.15, -0.1) is 11.6 Å². The maximum absolute atomic E-state index is 13.8. The Morgan fingerprint density at radius 3 is 2.72 bits per heavy atom. The molecule has 2 nitrogen and oxygen atoms in total. The third kappa shape index (κ3) is 2.66. The molecule has 0 aromatic heterocycles. The van der Waals surface area contributed by atoms with Crippen molar-refractivity contribution in [2.24, 2.45) is 0 Å². The number of hydrogen-bond acceptors (Lipinski definition) is 1. The van der Waals surface area contributed by atoms with E-state index >= 15 is 0 Å². The zero-order valence-corrected chi connectivity index (χ0v) is 11.2. The predicted octanol–water partition coefficient (Wildman–Crippen LogP) is 3.37. The summed E-state index contributed by atoms with van der Waals surface area (Å²) < 4.78 is 13.8. The number of carbonyl (C=O) groups excluding carboxylic acids is 1. The highest BCUT2D eigenvalue weighted by atomic mass is 35.5. The maximum atomic E-state index is 13.8. The Bertz CT molecular complexity index is 445. The van der Waals surface area contributed by atoms with Crippen LogP contribution in [0.15, 0.2) is 18.2 Å². The topological polar surface area (TPSA) is 20.3 Å². The molecular formula is C14H17ClFNO. The molecule has 98 valence electrons. The quantitative estimate of drug-likeness (QED) is 0.768. The highest BCUT2D eigenvalue weighted by molar-refractivity contribution is 6.18. The Hall–Kier alpha value is -1.09. The van der Waals surface area contributed by atoms with Crippen LogP contribution in [0.25, 0.3) is 0 Å². The number of amides is 1. The third-order valence-corrected chi connectivity index (χ3v) is 3.63. The van der Waals surface area contributed by atoms with Gasteiger partial charge in [0.15, 0.2) is 0 Å². The Labute approximate surface area is 112 Å². The van der Waals surface area contributed by atoms with Crippen molar-refractivity contribution < 1.29 is 9.18 Å². The van der Waals surface area contributed by atoms with E-state index in [1.54, 1.807) is 24.0 Å². The van der Waals surface area contributed by atoms with Gasteiger partial charge >= 0.3 is 0 Å². The van der Waals surface area contributed by atoms with Gasteiger partial charge in [0.2, 0.25) is 0 Å². The van der Waals surface area contributed by atoms with Crippen LogP contribution in [0.1, 0.15) is 35.2 Å². The number of halogens is 2. The molecule has 1 fully saturated rings. The van der Waals surface area contributed by atoms with E-state index in [4.69, 9.17) is 11.6 Å². The molecule has 0 atom stereocenters. The van der Waals surface area contributed by atoms with Crippen LogP contribution >= 0.6 is 11.6 Å². The minimum Gasteiger partial charge on any atom is -0.334 e. The van der Waals surface area contributed by atoms with Crippen LogP contribution in [0.5, 0.6) is 0 Å². The number of carbonyl (C=O) groups is 1. The summed E-state index contributed by atoms with van der Waals surface area (Å²) >= 11 is 5.73. The summed E-state index contributed by atoms with van der Waals surface area (Å²) in [4.78, 5) is 14.0. The fourth-order valence-electron chi connectivity index (χ4n) is 2.19. The number of hydrogen-bond donors (Lipinski definition) is 0. The van der Waals surface area contributed by atoms with E-state index in [0.29, 0.717) is 12.4 Å². The van der Waals surface area contributed by atoms with Gasteiger partial charge in [0.05, 0.1) is 5.56 Å². The summed E-state index contributed by atoms with van der Waals surface area (Å²) in [7, 11) is 0. The van der Waals surface area contributed by atoms with Crippen molar-refractivity contribution >= 4 is 17.5 Å². The minimum absolute atomic E-state index is 0.151. The van der Waals surface area contributed by atoms with Crippen LogP contribution in [0, 0.1) is 12.7 Å². The first-order chi connectivity index (χ1) is 8.63. The molecule has 0 N–H and O–H groups in total. The lowest BCUT2D eigenvalue weighted by Gasteiger charge is -2.37. The molecule has 0 bridgehead atoms. The van der Waals surface area contributed by atoms with Crippen LogP contribution in [0.3, 0.4) is 0 Å². The normalized spacial score (nSPS) is 15.3. The molecule has 0 heterocycles. The van der Waals surface area contributed by atoms with Crippen molar-refractivity contribution in [3.05, 3.63) is 35.1 Å². The Kier molecular flexibility index (Phi) is 4.23. The molecule has 1 saturated carbocycles. The summed E-state index contributed by atoms with van der Waals surface area (Å²) in [6.45, 7) is 2.29. The highest BCUT2D eigenvalue weighted by Crippen LogP contribution is 2.26. The van der Waals surface area contributed by atoms with Crippen LogP contribution in [0.4, 0.5) is 4.39 Å². The van der Waals surface area contributed by atoms with Gasteiger partial charge in [-0.2, -0.15) is 0 Å². The average Bonchev–Trinajstić information content (AvgIpc) is 2.25. The Morgan fingerprint density at radius 1 is 1.50 bits per heavy atom. The summed E-state index contributed by atoms with van der Waals surface area (Å²) in [5.41, 5.74) is 0.967. The van der Waals surface area contributed by atoms with Gasteiger partial charge in [0.1, 0.15) is 5.82 Å². The fraction of sp³-hybridized carbons (Fsp3) is 0.500. The number of aryl methyl sites for hydroxylation is 1. The van der Waals surface area contributed by atoms with E-state index in [-0.39, 0.29) is 17.5 Å². The lowest BCUT2D eigenvalue weighted by atomic mass is 9.91. The third-order valence-electron chi connectivity index (χ3n) is 3.46. The molecule has 1 amide bonds. The summed E-state index contributed by atoms with van der Waals surface area (Å²) in [6, 6.07) is 4.95. The summed E-state index contributed by atoms with van der Waals surface area (Å²) in [6.07, 6.45) is 3.12. The SMILES string of the molecule is Cc1ccc(C(=O)N(CCCl)C2CCC2)c(F)c1. The van der Waals surface area contributed by atoms with Crippen LogP contribution in [-0.4, -0.2) is 29.3 Å². The molecule has 4 heteroatoms. The summed E-state index contributed by atoms with van der Waals surface area (Å²) in [5.74, 6) is -0.299. The number of nitrogens with zero attached hydrogens (tertiary/aromatic N) is 1. The fourth-order valence-corrected chi connectivity index (χ4v) is 2.37. The minimum atomic E-state index is -0.445. The molecule has 0 saturated heterocycles. The van der Waals surface area contributed by atoms with Crippen LogP contribution in [-0.2, 0) is 0 Å². The largest absolute Gasteiger partial charge is 0.334 e. The predicted molar refractivity (Wildman–Crippen MR) is 70.5 cm³/mol. The monoisotopic (exact) mass is 269 g/mol. The van der Waals surface area contributed by atoms with Gasteiger partial charge < -0.3 is 4.90 Å². The molecule has 1 aromatic rings. The van der Waals surface area contributed by atoms with Crippen molar-refractivity contribution in [1.29, 1.82) is 0 Å². The molecule has 1 aliphatic carbocycles. The van der Waals surface area contributed by atoms with E-state index < -0.39 is 5.82 Å². The van der Waals surface area contributed by atoms with Crippen LogP contribution < -0.4 is 0 Å². The number of benzene rings is 1. The van der Waals surface area contributed by atoms with E-state index in [2.05, 4.69) is 0 Å². The first-order valence-electron chi connectivity index (χ1n) is 6.26. The van der Waals surface area contributed by atoms with E-state index in [0.717, 1.165) is 24.8 Å². The van der Waals surface area contributed by atoms with Gasteiger partial charge in [-0.1, -0.05) is 6.07 Å². The van der Waals surface area contributed by atoms with E-state index in [1.807, 2.05) is 0 Å². The second kappa shape index (κ2) is 5.70. The molecule has 0 spiro atoms. The molecule has 2 rings (SSSR count). The first kappa shape index (κ1) is 13.3. The van der Waals surface area contributed by atoms with Gasteiger partial charge in [-0.25, -0.2) is 4.39 Å². The molecule has 18 heavy (non-hydrogen) atoms. The van der Waals surface area contributed by atoms with Crippen molar-refractivity contribution in [1.82, 2.24) is 4.90 Å². The smallest absolute Gasteiger partial charge is 0.257 e. The zero-order valence-electron chi connectivity index (χ0n) is 10.5. The van der Waals surface area contributed by atoms with Gasteiger partial charge in [-0.3, -0.25) is 4.79 Å². The Morgan fingerprint density at radius 2 is 2.22 bits per heavy atom. The second-order valence-corrected chi connectivity index (χ2v) is 5.13. The standard InChI is InChI=1S/C14H17ClFNO/c1-10-5-6-12(13(16)9-10)14(18)17(8-7-15)11-3-2-4-11/h5-6,9,11H,2-4,7-8H2,1H3. The second-order valence-electron chi connectivity index (χ2n) is 4.76. The van der Waals surface area contributed by atoms with Crippen LogP contribution in [0.2, 0.25) is 0 Å². The first-order valence-corrected chi connectivity index (χ1v) is 6.80. The van der Waals surface area contributed by atoms with Gasteiger partial charge in [0.25, 0.3) is 5.91 Å². The molecule has 0 unspecified atom stereocenters. The molecule has 1 aromatic carbocycles. The lowest BCUT2D eigenvalue weighted by molar-refractivity contribution is 0.0593.